The van der Waals surface area contributed by atoms with E-state index < -0.39 is 33.2 Å². The van der Waals surface area contributed by atoms with Gasteiger partial charge in [0.05, 0.1) is 15.6 Å². The first-order valence-corrected chi connectivity index (χ1v) is 15.4. The summed E-state index contributed by atoms with van der Waals surface area (Å²) in [7, 11) is -3.08. The van der Waals surface area contributed by atoms with Crippen LogP contribution in [0.4, 0.5) is 5.69 Å². The van der Waals surface area contributed by atoms with Crippen molar-refractivity contribution in [3.8, 4) is 0 Å². The van der Waals surface area contributed by atoms with Crippen LogP contribution < -0.4 is 10.6 Å². The highest BCUT2D eigenvalue weighted by Gasteiger charge is 2.42. The molecule has 0 heterocycles. The van der Waals surface area contributed by atoms with Crippen LogP contribution in [0.25, 0.3) is 0 Å². The highest BCUT2D eigenvalue weighted by Crippen LogP contribution is 2.42. The van der Waals surface area contributed by atoms with Gasteiger partial charge in [-0.3, -0.25) is 14.5 Å². The van der Waals surface area contributed by atoms with Crippen molar-refractivity contribution in [2.24, 2.45) is 5.41 Å². The van der Waals surface area contributed by atoms with E-state index in [4.69, 9.17) is 28.5 Å². The molecule has 0 spiro atoms. The molecule has 1 unspecified atom stereocenters. The van der Waals surface area contributed by atoms with Gasteiger partial charge >= 0.3 is 5.97 Å². The van der Waals surface area contributed by atoms with E-state index in [2.05, 4.69) is 15.5 Å². The number of hydrogen-bond acceptors (Lipinski definition) is 7. The fourth-order valence-electron chi connectivity index (χ4n) is 4.91. The van der Waals surface area contributed by atoms with Crippen molar-refractivity contribution in [1.29, 1.82) is 0 Å². The second-order valence-corrected chi connectivity index (χ2v) is 13.0. The number of amides is 2. The number of nitrogens with one attached hydrogen (secondary N) is 2. The van der Waals surface area contributed by atoms with E-state index in [-0.39, 0.29) is 33.7 Å². The predicted octanol–water partition coefficient (Wildman–Crippen LogP) is 5.06. The lowest BCUT2D eigenvalue weighted by Crippen LogP contribution is -2.49. The minimum atomic E-state index is -3.08. The summed E-state index contributed by atoms with van der Waals surface area (Å²) in [5.74, 6) is -1.73. The third-order valence-electron chi connectivity index (χ3n) is 6.98. The minimum absolute atomic E-state index is 0.0415. The molecule has 0 bridgehead atoms. The van der Waals surface area contributed by atoms with E-state index in [0.29, 0.717) is 43.4 Å². The second-order valence-electron chi connectivity index (χ2n) is 9.96. The van der Waals surface area contributed by atoms with Gasteiger partial charge in [0, 0.05) is 29.5 Å². The SMILES string of the molecule is CS(=O)(=O)CCCCC1(C(=O)NC(Cc2ccc(NC(=O)c3c(Cl)cccc3Cl)cc2)C(=O)OO)CCCC1. The zero-order valence-electron chi connectivity index (χ0n) is 21.5. The Morgan fingerprint density at radius 1 is 1.03 bits per heavy atom. The van der Waals surface area contributed by atoms with Gasteiger partial charge in [-0.05, 0) is 55.5 Å². The van der Waals surface area contributed by atoms with Crippen LogP contribution in [0, 0.1) is 5.41 Å². The topological polar surface area (TPSA) is 139 Å². The lowest BCUT2D eigenvalue weighted by Gasteiger charge is -2.29. The largest absolute Gasteiger partial charge is 0.364 e. The van der Waals surface area contributed by atoms with Gasteiger partial charge in [-0.15, -0.1) is 0 Å². The second kappa shape index (κ2) is 13.6. The van der Waals surface area contributed by atoms with Gasteiger partial charge in [0.2, 0.25) is 5.91 Å². The molecular formula is C27H32Cl2N2O7S. The summed E-state index contributed by atoms with van der Waals surface area (Å²) in [6, 6.07) is 10.2. The van der Waals surface area contributed by atoms with E-state index in [1.54, 1.807) is 42.5 Å². The Balaban J connectivity index is 1.66. The van der Waals surface area contributed by atoms with E-state index in [9.17, 15) is 22.8 Å². The van der Waals surface area contributed by atoms with Crippen LogP contribution in [0.3, 0.4) is 0 Å². The Morgan fingerprint density at radius 3 is 2.21 bits per heavy atom. The lowest BCUT2D eigenvalue weighted by molar-refractivity contribution is -0.236. The lowest BCUT2D eigenvalue weighted by atomic mass is 9.80. The number of unbranched alkanes of at least 4 members (excludes halogenated alkanes) is 1. The smallest absolute Gasteiger partial charge is 0.342 e. The average Bonchev–Trinajstić information content (AvgIpc) is 3.36. The molecule has 1 aliphatic rings. The maximum Gasteiger partial charge on any atom is 0.364 e. The van der Waals surface area contributed by atoms with Gasteiger partial charge in [0.1, 0.15) is 15.9 Å². The molecule has 1 fully saturated rings. The summed E-state index contributed by atoms with van der Waals surface area (Å²) in [6.07, 6.45) is 5.78. The summed E-state index contributed by atoms with van der Waals surface area (Å²) >= 11 is 12.2. The fourth-order valence-corrected chi connectivity index (χ4v) is 6.20. The van der Waals surface area contributed by atoms with Gasteiger partial charge in [-0.1, -0.05) is 60.7 Å². The summed E-state index contributed by atoms with van der Waals surface area (Å²) in [5.41, 5.74) is 0.562. The highest BCUT2D eigenvalue weighted by molar-refractivity contribution is 7.90. The molecule has 212 valence electrons. The number of anilines is 1. The van der Waals surface area contributed by atoms with Crippen molar-refractivity contribution in [3.63, 3.8) is 0 Å². The first kappa shape index (κ1) is 30.9. The van der Waals surface area contributed by atoms with Crippen LogP contribution in [-0.4, -0.2) is 49.5 Å². The normalized spacial score (nSPS) is 15.4. The van der Waals surface area contributed by atoms with Crippen LogP contribution in [0.2, 0.25) is 10.0 Å². The summed E-state index contributed by atoms with van der Waals surface area (Å²) in [6.45, 7) is 0. The molecule has 1 atom stereocenters. The third-order valence-corrected chi connectivity index (χ3v) is 8.64. The van der Waals surface area contributed by atoms with Crippen LogP contribution in [0.1, 0.15) is 60.9 Å². The van der Waals surface area contributed by atoms with Gasteiger partial charge in [0.15, 0.2) is 0 Å². The number of carbonyl (C=O) groups excluding carboxylic acids is 3. The number of benzene rings is 2. The Hall–Kier alpha value is -2.66. The molecule has 0 radical (unpaired) electrons. The average molecular weight is 600 g/mol. The monoisotopic (exact) mass is 598 g/mol. The van der Waals surface area contributed by atoms with Crippen LogP contribution >= 0.6 is 23.2 Å². The molecule has 9 nitrogen and oxygen atoms in total. The van der Waals surface area contributed by atoms with Crippen molar-refractivity contribution in [2.45, 2.75) is 57.4 Å². The highest BCUT2D eigenvalue weighted by atomic mass is 35.5. The molecule has 0 aromatic heterocycles. The number of rotatable bonds is 12. The molecular weight excluding hydrogens is 567 g/mol. The quantitative estimate of drug-likeness (QED) is 0.176. The molecule has 3 rings (SSSR count). The molecule has 12 heteroatoms. The zero-order valence-corrected chi connectivity index (χ0v) is 23.9. The maximum atomic E-state index is 13.4. The number of sulfone groups is 1. The van der Waals surface area contributed by atoms with Crippen molar-refractivity contribution in [2.75, 3.05) is 17.3 Å². The first-order valence-electron chi connectivity index (χ1n) is 12.6. The van der Waals surface area contributed by atoms with Crippen molar-refractivity contribution in [3.05, 3.63) is 63.6 Å². The maximum absolute atomic E-state index is 13.4. The predicted molar refractivity (Wildman–Crippen MR) is 150 cm³/mol. The van der Waals surface area contributed by atoms with Crippen LogP contribution in [0.5, 0.6) is 0 Å². The Kier molecular flexibility index (Phi) is 10.8. The van der Waals surface area contributed by atoms with Crippen LogP contribution in [-0.2, 0) is 30.7 Å². The molecule has 1 saturated carbocycles. The van der Waals surface area contributed by atoms with E-state index in [0.717, 1.165) is 12.8 Å². The van der Waals surface area contributed by atoms with E-state index in [1.165, 1.54) is 6.26 Å². The number of carbonyl (C=O) groups is 3. The molecule has 2 aromatic carbocycles. The third kappa shape index (κ3) is 8.66. The zero-order chi connectivity index (χ0) is 28.6. The van der Waals surface area contributed by atoms with Gasteiger partial charge in [-0.25, -0.2) is 13.2 Å². The molecule has 1 aliphatic carbocycles. The van der Waals surface area contributed by atoms with Gasteiger partial charge < -0.3 is 10.6 Å². The molecule has 39 heavy (non-hydrogen) atoms. The van der Waals surface area contributed by atoms with Crippen LogP contribution in [0.15, 0.2) is 42.5 Å². The molecule has 2 amide bonds. The first-order chi connectivity index (χ1) is 18.4. The number of halogens is 2. The Bertz CT molecular complexity index is 1270. The molecule has 0 saturated heterocycles. The van der Waals surface area contributed by atoms with E-state index in [1.807, 2.05) is 0 Å². The number of hydrogen-bond donors (Lipinski definition) is 3. The fraction of sp³-hybridized carbons (Fsp3) is 0.444. The van der Waals surface area contributed by atoms with Crippen molar-refractivity contribution in [1.82, 2.24) is 5.32 Å². The van der Waals surface area contributed by atoms with E-state index >= 15 is 0 Å². The summed E-state index contributed by atoms with van der Waals surface area (Å²) in [4.78, 5) is 42.3. The van der Waals surface area contributed by atoms with Gasteiger partial charge in [0.25, 0.3) is 5.91 Å². The molecule has 0 aliphatic heterocycles. The van der Waals surface area contributed by atoms with Gasteiger partial charge in [-0.2, -0.15) is 5.26 Å². The molecule has 3 N–H and O–H groups in total. The van der Waals surface area contributed by atoms with Crippen molar-refractivity contribution >= 4 is 56.5 Å². The van der Waals surface area contributed by atoms with Crippen molar-refractivity contribution < 1.29 is 32.9 Å². The molecule has 2 aromatic rings. The Morgan fingerprint density at radius 2 is 1.64 bits per heavy atom. The minimum Gasteiger partial charge on any atom is -0.342 e. The summed E-state index contributed by atoms with van der Waals surface area (Å²) in [5, 5.41) is 14.9. The Labute approximate surface area is 238 Å². The standard InChI is InChI=1S/C27H32Cl2N2O7S/c1-39(36,37)16-5-4-15-27(13-2-3-14-27)26(34)31-22(25(33)38-35)17-18-9-11-19(12-10-18)30-24(32)23-20(28)7-6-8-21(23)29/h6-12,22,35H,2-5,13-17H2,1H3,(H,30,32)(H,31,34). The summed E-state index contributed by atoms with van der Waals surface area (Å²) < 4.78 is 22.9.